The average molecular weight is 235 g/mol. The number of hydrogen-bond donors (Lipinski definition) is 2. The number of rotatable bonds is 3. The van der Waals surface area contributed by atoms with Crippen LogP contribution in [0.4, 0.5) is 0 Å². The van der Waals surface area contributed by atoms with Gasteiger partial charge in [0.1, 0.15) is 0 Å². The van der Waals surface area contributed by atoms with E-state index in [-0.39, 0.29) is 6.61 Å². The monoisotopic (exact) mass is 235 g/mol. The Balaban J connectivity index is 2.47. The average Bonchev–Trinajstić information content (AvgIpc) is 2.63. The topological polar surface area (TPSA) is 53.8 Å². The molecule has 0 bridgehead atoms. The number of benzene rings is 1. The van der Waals surface area contributed by atoms with E-state index in [4.69, 9.17) is 17.3 Å². The lowest BCUT2D eigenvalue weighted by Gasteiger charge is -2.04. The molecule has 4 nitrogen and oxygen atoms in total. The van der Waals surface area contributed by atoms with Crippen molar-refractivity contribution in [1.29, 1.82) is 0 Å². The molecule has 0 aliphatic carbocycles. The highest BCUT2D eigenvalue weighted by Gasteiger charge is 2.07. The van der Waals surface area contributed by atoms with E-state index in [0.29, 0.717) is 11.3 Å². The van der Waals surface area contributed by atoms with Crippen molar-refractivity contribution < 1.29 is 5.11 Å². The zero-order chi connectivity index (χ0) is 11.5. The van der Waals surface area contributed by atoms with Crippen LogP contribution in [-0.2, 0) is 6.54 Å². The third-order valence-electron chi connectivity index (χ3n) is 2.39. The minimum Gasteiger partial charge on any atom is -0.395 e. The molecule has 16 heavy (non-hydrogen) atoms. The molecule has 1 aromatic carbocycles. The number of H-pyrrole nitrogens is 1. The summed E-state index contributed by atoms with van der Waals surface area (Å²) in [7, 11) is 0. The van der Waals surface area contributed by atoms with Crippen LogP contribution in [0.2, 0.25) is 0 Å². The first-order chi connectivity index (χ1) is 7.72. The molecule has 2 rings (SSSR count). The maximum atomic E-state index is 8.97. The largest absolute Gasteiger partial charge is 0.395 e. The number of aliphatic hydroxyl groups excluding tert-OH is 1. The molecule has 84 valence electrons. The van der Waals surface area contributed by atoms with Gasteiger partial charge >= 0.3 is 0 Å². The van der Waals surface area contributed by atoms with Crippen LogP contribution in [-0.4, -0.2) is 26.5 Å². The van der Waals surface area contributed by atoms with Gasteiger partial charge in [0.25, 0.3) is 0 Å². The standard InChI is InChI=1S/C11H13N3OS/c1-8-2-4-9(5-3-8)10-12-13-11(16)14(10)6-7-15/h2-5,15H,6-7H2,1H3,(H,13,16). The van der Waals surface area contributed by atoms with Crippen molar-refractivity contribution in [2.45, 2.75) is 13.5 Å². The summed E-state index contributed by atoms with van der Waals surface area (Å²) in [5.74, 6) is 0.763. The summed E-state index contributed by atoms with van der Waals surface area (Å²) in [6.07, 6.45) is 0. The first-order valence-electron chi connectivity index (χ1n) is 5.05. The highest BCUT2D eigenvalue weighted by atomic mass is 32.1. The molecule has 1 aromatic heterocycles. The molecule has 0 saturated carbocycles. The summed E-state index contributed by atoms with van der Waals surface area (Å²) in [4.78, 5) is 0. The van der Waals surface area contributed by atoms with Crippen LogP contribution < -0.4 is 0 Å². The van der Waals surface area contributed by atoms with E-state index in [1.165, 1.54) is 5.56 Å². The molecule has 0 radical (unpaired) electrons. The van der Waals surface area contributed by atoms with Crippen LogP contribution in [0.25, 0.3) is 11.4 Å². The van der Waals surface area contributed by atoms with Crippen LogP contribution in [0.1, 0.15) is 5.56 Å². The van der Waals surface area contributed by atoms with Gasteiger partial charge in [-0.15, -0.1) is 0 Å². The second kappa shape index (κ2) is 4.59. The zero-order valence-electron chi connectivity index (χ0n) is 8.97. The lowest BCUT2D eigenvalue weighted by Crippen LogP contribution is -2.04. The van der Waals surface area contributed by atoms with Crippen molar-refractivity contribution in [3.63, 3.8) is 0 Å². The molecule has 0 saturated heterocycles. The molecule has 0 amide bonds. The molecule has 0 fully saturated rings. The van der Waals surface area contributed by atoms with E-state index in [1.807, 2.05) is 31.2 Å². The molecular weight excluding hydrogens is 222 g/mol. The summed E-state index contributed by atoms with van der Waals surface area (Å²) in [5.41, 5.74) is 2.19. The second-order valence-corrected chi connectivity index (χ2v) is 3.98. The van der Waals surface area contributed by atoms with Crippen molar-refractivity contribution in [3.8, 4) is 11.4 Å². The van der Waals surface area contributed by atoms with Crippen molar-refractivity contribution in [2.24, 2.45) is 0 Å². The Morgan fingerprint density at radius 3 is 2.69 bits per heavy atom. The first-order valence-corrected chi connectivity index (χ1v) is 5.46. The Morgan fingerprint density at radius 1 is 1.38 bits per heavy atom. The van der Waals surface area contributed by atoms with Gasteiger partial charge in [0.2, 0.25) is 0 Å². The molecule has 0 unspecified atom stereocenters. The smallest absolute Gasteiger partial charge is 0.195 e. The van der Waals surface area contributed by atoms with Crippen molar-refractivity contribution >= 4 is 12.2 Å². The van der Waals surface area contributed by atoms with E-state index in [1.54, 1.807) is 4.57 Å². The molecule has 1 heterocycles. The predicted octanol–water partition coefficient (Wildman–Crippen LogP) is 1.91. The minimum absolute atomic E-state index is 0.0483. The van der Waals surface area contributed by atoms with Crippen LogP contribution in [0.15, 0.2) is 24.3 Å². The van der Waals surface area contributed by atoms with Crippen LogP contribution in [0.5, 0.6) is 0 Å². The van der Waals surface area contributed by atoms with Gasteiger partial charge in [-0.1, -0.05) is 29.8 Å². The van der Waals surface area contributed by atoms with Crippen LogP contribution >= 0.6 is 12.2 Å². The van der Waals surface area contributed by atoms with Gasteiger partial charge in [0.15, 0.2) is 10.6 Å². The van der Waals surface area contributed by atoms with Gasteiger partial charge < -0.3 is 5.11 Å². The summed E-state index contributed by atoms with van der Waals surface area (Å²) in [5, 5.41) is 15.9. The minimum atomic E-state index is 0.0483. The molecule has 2 aromatic rings. The van der Waals surface area contributed by atoms with Gasteiger partial charge in [-0.2, -0.15) is 5.10 Å². The van der Waals surface area contributed by atoms with Gasteiger partial charge in [-0.25, -0.2) is 0 Å². The lowest BCUT2D eigenvalue weighted by molar-refractivity contribution is 0.276. The lowest BCUT2D eigenvalue weighted by atomic mass is 10.1. The fourth-order valence-corrected chi connectivity index (χ4v) is 1.77. The fourth-order valence-electron chi connectivity index (χ4n) is 1.55. The van der Waals surface area contributed by atoms with Crippen LogP contribution in [0.3, 0.4) is 0 Å². The molecular formula is C11H13N3OS. The van der Waals surface area contributed by atoms with Gasteiger partial charge in [0.05, 0.1) is 13.2 Å². The molecule has 0 aliphatic heterocycles. The molecule has 0 atom stereocenters. The Kier molecular flexibility index (Phi) is 3.17. The molecule has 0 spiro atoms. The number of aromatic amines is 1. The number of aryl methyl sites for hydroxylation is 1. The van der Waals surface area contributed by atoms with E-state index in [0.717, 1.165) is 11.4 Å². The van der Waals surface area contributed by atoms with E-state index >= 15 is 0 Å². The van der Waals surface area contributed by atoms with Gasteiger partial charge in [0, 0.05) is 5.56 Å². The van der Waals surface area contributed by atoms with Crippen LogP contribution in [0, 0.1) is 11.7 Å². The molecule has 2 N–H and O–H groups in total. The highest BCUT2D eigenvalue weighted by molar-refractivity contribution is 7.71. The Bertz CT molecular complexity index is 527. The Morgan fingerprint density at radius 2 is 2.06 bits per heavy atom. The molecule has 5 heteroatoms. The van der Waals surface area contributed by atoms with E-state index in [2.05, 4.69) is 10.2 Å². The third-order valence-corrected chi connectivity index (χ3v) is 2.70. The van der Waals surface area contributed by atoms with Crippen molar-refractivity contribution in [1.82, 2.24) is 14.8 Å². The fraction of sp³-hybridized carbons (Fsp3) is 0.273. The zero-order valence-corrected chi connectivity index (χ0v) is 9.79. The van der Waals surface area contributed by atoms with Crippen molar-refractivity contribution in [3.05, 3.63) is 34.6 Å². The second-order valence-electron chi connectivity index (χ2n) is 3.59. The summed E-state index contributed by atoms with van der Waals surface area (Å²) in [6.45, 7) is 2.54. The predicted molar refractivity (Wildman–Crippen MR) is 64.7 cm³/mol. The summed E-state index contributed by atoms with van der Waals surface area (Å²) >= 11 is 5.10. The summed E-state index contributed by atoms with van der Waals surface area (Å²) in [6, 6.07) is 8.04. The number of aliphatic hydroxyl groups is 1. The SMILES string of the molecule is Cc1ccc(-c2n[nH]c(=S)n2CCO)cc1. The maximum absolute atomic E-state index is 8.97. The number of nitrogens with zero attached hydrogens (tertiary/aromatic N) is 2. The van der Waals surface area contributed by atoms with E-state index in [9.17, 15) is 0 Å². The number of nitrogens with one attached hydrogen (secondary N) is 1. The Hall–Kier alpha value is -1.46. The first kappa shape index (κ1) is 11.0. The molecule has 0 aliphatic rings. The number of hydrogen-bond acceptors (Lipinski definition) is 3. The third kappa shape index (κ3) is 2.05. The maximum Gasteiger partial charge on any atom is 0.195 e. The van der Waals surface area contributed by atoms with E-state index < -0.39 is 0 Å². The normalized spacial score (nSPS) is 10.6. The van der Waals surface area contributed by atoms with Gasteiger partial charge in [-0.3, -0.25) is 9.67 Å². The summed E-state index contributed by atoms with van der Waals surface area (Å²) < 4.78 is 2.32. The Labute approximate surface area is 98.6 Å². The number of aromatic nitrogens is 3. The highest BCUT2D eigenvalue weighted by Crippen LogP contribution is 2.17. The van der Waals surface area contributed by atoms with Gasteiger partial charge in [-0.05, 0) is 19.1 Å². The quantitative estimate of drug-likeness (QED) is 0.799. The van der Waals surface area contributed by atoms with Crippen molar-refractivity contribution in [2.75, 3.05) is 6.61 Å².